The smallest absolute Gasteiger partial charge is 0.145 e. The molecule has 1 aromatic rings. The summed E-state index contributed by atoms with van der Waals surface area (Å²) < 4.78 is 10.8. The molecule has 0 saturated carbocycles. The fourth-order valence-electron chi connectivity index (χ4n) is 2.10. The second-order valence-corrected chi connectivity index (χ2v) is 4.33. The Kier molecular flexibility index (Phi) is 4.09. The standard InChI is InChI=1S/C13H20N2O2/c1-16-13-9-11(4-5-12(13)14)17-8-6-10-3-2-7-15-10/h4-5,9-10,15H,2-3,6-8,14H2,1H3. The van der Waals surface area contributed by atoms with E-state index in [1.54, 1.807) is 7.11 Å². The number of rotatable bonds is 5. The van der Waals surface area contributed by atoms with Gasteiger partial charge in [0.2, 0.25) is 0 Å². The lowest BCUT2D eigenvalue weighted by atomic mass is 10.2. The maximum atomic E-state index is 5.74. The van der Waals surface area contributed by atoms with Crippen molar-refractivity contribution >= 4 is 5.69 Å². The van der Waals surface area contributed by atoms with Gasteiger partial charge in [-0.2, -0.15) is 0 Å². The summed E-state index contributed by atoms with van der Waals surface area (Å²) in [5.74, 6) is 1.48. The minimum atomic E-state index is 0.616. The van der Waals surface area contributed by atoms with Gasteiger partial charge in [0, 0.05) is 12.1 Å². The number of nitrogens with two attached hydrogens (primary N) is 1. The van der Waals surface area contributed by atoms with E-state index in [2.05, 4.69) is 5.32 Å². The van der Waals surface area contributed by atoms with Crippen LogP contribution in [0.4, 0.5) is 5.69 Å². The molecule has 0 aromatic heterocycles. The van der Waals surface area contributed by atoms with E-state index < -0.39 is 0 Å². The van der Waals surface area contributed by atoms with Crippen LogP contribution >= 0.6 is 0 Å². The molecule has 0 radical (unpaired) electrons. The second-order valence-electron chi connectivity index (χ2n) is 4.33. The van der Waals surface area contributed by atoms with Gasteiger partial charge in [-0.05, 0) is 37.9 Å². The van der Waals surface area contributed by atoms with Gasteiger partial charge < -0.3 is 20.5 Å². The van der Waals surface area contributed by atoms with Crippen molar-refractivity contribution < 1.29 is 9.47 Å². The summed E-state index contributed by atoms with van der Waals surface area (Å²) >= 11 is 0. The summed E-state index contributed by atoms with van der Waals surface area (Å²) in [6, 6.07) is 6.13. The van der Waals surface area contributed by atoms with Crippen LogP contribution in [0.2, 0.25) is 0 Å². The van der Waals surface area contributed by atoms with Gasteiger partial charge in [0.25, 0.3) is 0 Å². The Morgan fingerprint density at radius 2 is 2.35 bits per heavy atom. The molecule has 1 aliphatic rings. The third kappa shape index (κ3) is 3.27. The lowest BCUT2D eigenvalue weighted by Gasteiger charge is -2.12. The van der Waals surface area contributed by atoms with E-state index in [1.807, 2.05) is 18.2 Å². The van der Waals surface area contributed by atoms with Gasteiger partial charge in [0.05, 0.1) is 19.4 Å². The fourth-order valence-corrected chi connectivity index (χ4v) is 2.10. The van der Waals surface area contributed by atoms with Gasteiger partial charge in [0.1, 0.15) is 11.5 Å². The van der Waals surface area contributed by atoms with E-state index in [9.17, 15) is 0 Å². The first-order valence-corrected chi connectivity index (χ1v) is 6.09. The Bertz CT molecular complexity index is 362. The quantitative estimate of drug-likeness (QED) is 0.765. The molecule has 2 rings (SSSR count). The first-order chi connectivity index (χ1) is 8.29. The van der Waals surface area contributed by atoms with Crippen molar-refractivity contribution in [3.8, 4) is 11.5 Å². The molecule has 1 atom stereocenters. The highest BCUT2D eigenvalue weighted by Crippen LogP contribution is 2.26. The summed E-state index contributed by atoms with van der Waals surface area (Å²) in [6.07, 6.45) is 3.58. The number of nitrogen functional groups attached to an aromatic ring is 1. The van der Waals surface area contributed by atoms with E-state index in [0.29, 0.717) is 17.5 Å². The maximum absolute atomic E-state index is 5.74. The molecule has 0 spiro atoms. The van der Waals surface area contributed by atoms with E-state index in [-0.39, 0.29) is 0 Å². The third-order valence-corrected chi connectivity index (χ3v) is 3.10. The molecule has 94 valence electrons. The summed E-state index contributed by atoms with van der Waals surface area (Å²) in [6.45, 7) is 1.87. The molecule has 1 fully saturated rings. The average Bonchev–Trinajstić information content (AvgIpc) is 2.84. The first kappa shape index (κ1) is 12.0. The second kappa shape index (κ2) is 5.77. The van der Waals surface area contributed by atoms with Gasteiger partial charge >= 0.3 is 0 Å². The molecule has 1 heterocycles. The van der Waals surface area contributed by atoms with Crippen LogP contribution in [0, 0.1) is 0 Å². The molecule has 0 amide bonds. The Hall–Kier alpha value is -1.42. The van der Waals surface area contributed by atoms with Crippen molar-refractivity contribution in [1.29, 1.82) is 0 Å². The zero-order valence-corrected chi connectivity index (χ0v) is 10.2. The van der Waals surface area contributed by atoms with Crippen molar-refractivity contribution in [3.05, 3.63) is 18.2 Å². The predicted molar refractivity (Wildman–Crippen MR) is 68.5 cm³/mol. The van der Waals surface area contributed by atoms with E-state index in [4.69, 9.17) is 15.2 Å². The molecular formula is C13H20N2O2. The lowest BCUT2D eigenvalue weighted by Crippen LogP contribution is -2.23. The highest BCUT2D eigenvalue weighted by Gasteiger charge is 2.13. The number of nitrogens with one attached hydrogen (secondary N) is 1. The predicted octanol–water partition coefficient (Wildman–Crippen LogP) is 1.80. The normalized spacial score (nSPS) is 19.2. The van der Waals surface area contributed by atoms with Crippen molar-refractivity contribution in [2.24, 2.45) is 0 Å². The summed E-state index contributed by atoms with van der Waals surface area (Å²) in [5.41, 5.74) is 6.37. The molecule has 17 heavy (non-hydrogen) atoms. The van der Waals surface area contributed by atoms with Crippen LogP contribution in [-0.4, -0.2) is 26.3 Å². The van der Waals surface area contributed by atoms with Crippen LogP contribution in [0.1, 0.15) is 19.3 Å². The third-order valence-electron chi connectivity index (χ3n) is 3.10. The van der Waals surface area contributed by atoms with Crippen molar-refractivity contribution in [3.63, 3.8) is 0 Å². The van der Waals surface area contributed by atoms with Crippen molar-refractivity contribution in [2.45, 2.75) is 25.3 Å². The van der Waals surface area contributed by atoms with Crippen LogP contribution in [0.5, 0.6) is 11.5 Å². The Balaban J connectivity index is 1.81. The number of ether oxygens (including phenoxy) is 2. The highest BCUT2D eigenvalue weighted by molar-refractivity contribution is 5.55. The van der Waals surface area contributed by atoms with E-state index in [1.165, 1.54) is 12.8 Å². The van der Waals surface area contributed by atoms with Crippen molar-refractivity contribution in [1.82, 2.24) is 5.32 Å². The number of benzene rings is 1. The maximum Gasteiger partial charge on any atom is 0.145 e. The van der Waals surface area contributed by atoms with Crippen LogP contribution < -0.4 is 20.5 Å². The summed E-state index contributed by atoms with van der Waals surface area (Å²) in [5, 5.41) is 3.45. The van der Waals surface area contributed by atoms with Crippen molar-refractivity contribution in [2.75, 3.05) is 26.0 Å². The van der Waals surface area contributed by atoms with Gasteiger partial charge in [0.15, 0.2) is 0 Å². The number of methoxy groups -OCH3 is 1. The summed E-state index contributed by atoms with van der Waals surface area (Å²) in [4.78, 5) is 0. The highest BCUT2D eigenvalue weighted by atomic mass is 16.5. The largest absolute Gasteiger partial charge is 0.494 e. The van der Waals surface area contributed by atoms with Gasteiger partial charge in [-0.15, -0.1) is 0 Å². The lowest BCUT2D eigenvalue weighted by molar-refractivity contribution is 0.290. The molecule has 1 saturated heterocycles. The van der Waals surface area contributed by atoms with Crippen LogP contribution in [0.3, 0.4) is 0 Å². The van der Waals surface area contributed by atoms with Crippen LogP contribution in [-0.2, 0) is 0 Å². The molecule has 3 N–H and O–H groups in total. The Morgan fingerprint density at radius 3 is 3.06 bits per heavy atom. The molecule has 0 aliphatic carbocycles. The van der Waals surface area contributed by atoms with E-state index in [0.717, 1.165) is 25.3 Å². The Morgan fingerprint density at radius 1 is 1.47 bits per heavy atom. The number of hydrogen-bond acceptors (Lipinski definition) is 4. The van der Waals surface area contributed by atoms with Gasteiger partial charge in [-0.25, -0.2) is 0 Å². The van der Waals surface area contributed by atoms with Crippen LogP contribution in [0.15, 0.2) is 18.2 Å². The molecular weight excluding hydrogens is 216 g/mol. The van der Waals surface area contributed by atoms with Crippen LogP contribution in [0.25, 0.3) is 0 Å². The zero-order valence-electron chi connectivity index (χ0n) is 10.2. The van der Waals surface area contributed by atoms with E-state index >= 15 is 0 Å². The topological polar surface area (TPSA) is 56.5 Å². The van der Waals surface area contributed by atoms with Gasteiger partial charge in [-0.1, -0.05) is 0 Å². The fraction of sp³-hybridized carbons (Fsp3) is 0.538. The Labute approximate surface area is 102 Å². The molecule has 0 bridgehead atoms. The molecule has 4 nitrogen and oxygen atoms in total. The molecule has 1 unspecified atom stereocenters. The monoisotopic (exact) mass is 236 g/mol. The minimum Gasteiger partial charge on any atom is -0.494 e. The van der Waals surface area contributed by atoms with Gasteiger partial charge in [-0.3, -0.25) is 0 Å². The average molecular weight is 236 g/mol. The summed E-state index contributed by atoms with van der Waals surface area (Å²) in [7, 11) is 1.61. The SMILES string of the molecule is COc1cc(OCCC2CCCN2)ccc1N. The number of hydrogen-bond donors (Lipinski definition) is 2. The number of anilines is 1. The first-order valence-electron chi connectivity index (χ1n) is 6.09. The molecule has 1 aromatic carbocycles. The molecule has 4 heteroatoms. The molecule has 1 aliphatic heterocycles. The zero-order chi connectivity index (χ0) is 12.1. The minimum absolute atomic E-state index is 0.616.